The quantitative estimate of drug-likeness (QED) is 0.681. The van der Waals surface area contributed by atoms with Crippen molar-refractivity contribution in [1.82, 2.24) is 19.8 Å². The van der Waals surface area contributed by atoms with Gasteiger partial charge >= 0.3 is 0 Å². The van der Waals surface area contributed by atoms with E-state index in [2.05, 4.69) is 57.9 Å². The molecule has 2 heterocycles. The van der Waals surface area contributed by atoms with E-state index in [0.29, 0.717) is 19.0 Å². The fourth-order valence-corrected chi connectivity index (χ4v) is 3.49. The van der Waals surface area contributed by atoms with Crippen molar-refractivity contribution in [1.29, 1.82) is 0 Å². The van der Waals surface area contributed by atoms with Gasteiger partial charge in [0.25, 0.3) is 0 Å². The molecular formula is C22H31N5O2. The molecule has 156 valence electrons. The number of aromatic nitrogens is 2. The minimum absolute atomic E-state index is 0.196. The predicted octanol–water partition coefficient (Wildman–Crippen LogP) is 2.35. The summed E-state index contributed by atoms with van der Waals surface area (Å²) in [6, 6.07) is 8.42. The molecule has 1 aliphatic rings. The lowest BCUT2D eigenvalue weighted by atomic mass is 10.1. The summed E-state index contributed by atoms with van der Waals surface area (Å²) in [5.41, 5.74) is 2.42. The maximum absolute atomic E-state index is 12.9. The minimum Gasteiger partial charge on any atom is -0.480 e. The Labute approximate surface area is 173 Å². The topological polar surface area (TPSA) is 61.8 Å². The Balaban J connectivity index is 1.53. The number of amides is 1. The van der Waals surface area contributed by atoms with E-state index >= 15 is 0 Å². The SMILES string of the molecule is CCCN(Cc1ccc(C)cc1)C(=O)CN1CCN(c2cncc(OC)n2)CC1. The summed E-state index contributed by atoms with van der Waals surface area (Å²) < 4.78 is 5.16. The monoisotopic (exact) mass is 397 g/mol. The molecule has 0 N–H and O–H groups in total. The second kappa shape index (κ2) is 10.2. The van der Waals surface area contributed by atoms with Crippen molar-refractivity contribution in [3.8, 4) is 5.88 Å². The summed E-state index contributed by atoms with van der Waals surface area (Å²) in [5, 5.41) is 0. The third-order valence-electron chi connectivity index (χ3n) is 5.20. The molecule has 29 heavy (non-hydrogen) atoms. The van der Waals surface area contributed by atoms with E-state index in [-0.39, 0.29) is 5.91 Å². The summed E-state index contributed by atoms with van der Waals surface area (Å²) in [5.74, 6) is 1.54. The number of hydrogen-bond donors (Lipinski definition) is 0. The first-order valence-corrected chi connectivity index (χ1v) is 10.3. The molecule has 1 aliphatic heterocycles. The molecule has 0 bridgehead atoms. The first-order valence-electron chi connectivity index (χ1n) is 10.3. The number of rotatable bonds is 8. The second-order valence-corrected chi connectivity index (χ2v) is 7.48. The van der Waals surface area contributed by atoms with Crippen LogP contribution in [-0.2, 0) is 11.3 Å². The first-order chi connectivity index (χ1) is 14.1. The summed E-state index contributed by atoms with van der Waals surface area (Å²) >= 11 is 0. The number of nitrogens with zero attached hydrogens (tertiary/aromatic N) is 5. The van der Waals surface area contributed by atoms with E-state index in [1.54, 1.807) is 19.5 Å². The Hall–Kier alpha value is -2.67. The molecule has 0 spiro atoms. The standard InChI is InChI=1S/C22H31N5O2/c1-4-9-27(16-19-7-5-18(2)6-8-19)22(28)17-25-10-12-26(13-11-25)20-14-23-15-21(24-20)29-3/h5-8,14-15H,4,9-13,16-17H2,1-3H3. The molecule has 7 heteroatoms. The zero-order valence-corrected chi connectivity index (χ0v) is 17.7. The van der Waals surface area contributed by atoms with Gasteiger partial charge in [0, 0.05) is 39.3 Å². The number of carbonyl (C=O) groups excluding carboxylic acids is 1. The van der Waals surface area contributed by atoms with Gasteiger partial charge in [0.05, 0.1) is 26.0 Å². The van der Waals surface area contributed by atoms with Crippen molar-refractivity contribution in [3.05, 3.63) is 47.8 Å². The average molecular weight is 398 g/mol. The van der Waals surface area contributed by atoms with Gasteiger partial charge in [0.15, 0.2) is 5.82 Å². The van der Waals surface area contributed by atoms with Crippen LogP contribution in [0.3, 0.4) is 0 Å². The van der Waals surface area contributed by atoms with Crippen molar-refractivity contribution in [2.75, 3.05) is 51.3 Å². The number of ether oxygens (including phenoxy) is 1. The predicted molar refractivity (Wildman–Crippen MR) is 114 cm³/mol. The van der Waals surface area contributed by atoms with E-state index in [1.807, 2.05) is 4.90 Å². The molecule has 0 aliphatic carbocycles. The molecule has 1 saturated heterocycles. The van der Waals surface area contributed by atoms with Crippen LogP contribution in [0, 0.1) is 6.92 Å². The molecule has 0 atom stereocenters. The Kier molecular flexibility index (Phi) is 7.41. The van der Waals surface area contributed by atoms with Gasteiger partial charge in [-0.2, -0.15) is 4.98 Å². The molecule has 1 aromatic heterocycles. The van der Waals surface area contributed by atoms with E-state index in [9.17, 15) is 4.79 Å². The molecule has 7 nitrogen and oxygen atoms in total. The van der Waals surface area contributed by atoms with Gasteiger partial charge in [-0.05, 0) is 18.9 Å². The molecule has 1 fully saturated rings. The zero-order chi connectivity index (χ0) is 20.6. The van der Waals surface area contributed by atoms with E-state index in [0.717, 1.165) is 45.0 Å². The molecule has 2 aromatic rings. The molecule has 1 aromatic carbocycles. The van der Waals surface area contributed by atoms with Crippen LogP contribution in [0.1, 0.15) is 24.5 Å². The van der Waals surface area contributed by atoms with Crippen LogP contribution in [-0.4, -0.2) is 72.1 Å². The maximum Gasteiger partial charge on any atom is 0.237 e. The molecule has 3 rings (SSSR count). The summed E-state index contributed by atoms with van der Waals surface area (Å²) in [7, 11) is 1.59. The fourth-order valence-electron chi connectivity index (χ4n) is 3.49. The van der Waals surface area contributed by atoms with E-state index in [1.165, 1.54) is 11.1 Å². The lowest BCUT2D eigenvalue weighted by molar-refractivity contribution is -0.133. The number of carbonyl (C=O) groups is 1. The van der Waals surface area contributed by atoms with Crippen LogP contribution in [0.15, 0.2) is 36.7 Å². The minimum atomic E-state index is 0.196. The highest BCUT2D eigenvalue weighted by Gasteiger charge is 2.22. The van der Waals surface area contributed by atoms with Crippen molar-refractivity contribution < 1.29 is 9.53 Å². The van der Waals surface area contributed by atoms with Gasteiger partial charge in [-0.25, -0.2) is 0 Å². The fraction of sp³-hybridized carbons (Fsp3) is 0.500. The van der Waals surface area contributed by atoms with Crippen LogP contribution in [0.5, 0.6) is 5.88 Å². The van der Waals surface area contributed by atoms with Crippen molar-refractivity contribution in [2.24, 2.45) is 0 Å². The van der Waals surface area contributed by atoms with Gasteiger partial charge in [-0.15, -0.1) is 0 Å². The Morgan fingerprint density at radius 2 is 1.86 bits per heavy atom. The third-order valence-corrected chi connectivity index (χ3v) is 5.20. The number of methoxy groups -OCH3 is 1. The molecule has 0 radical (unpaired) electrons. The number of aryl methyl sites for hydroxylation is 1. The van der Waals surface area contributed by atoms with Gasteiger partial charge in [-0.3, -0.25) is 14.7 Å². The Bertz CT molecular complexity index is 788. The highest BCUT2D eigenvalue weighted by atomic mass is 16.5. The summed E-state index contributed by atoms with van der Waals surface area (Å²) in [6.45, 7) is 9.41. The Morgan fingerprint density at radius 1 is 1.14 bits per heavy atom. The number of anilines is 1. The number of benzene rings is 1. The molecular weight excluding hydrogens is 366 g/mol. The van der Waals surface area contributed by atoms with Gasteiger partial charge < -0.3 is 14.5 Å². The zero-order valence-electron chi connectivity index (χ0n) is 17.7. The van der Waals surface area contributed by atoms with Crippen LogP contribution in [0.2, 0.25) is 0 Å². The highest BCUT2D eigenvalue weighted by Crippen LogP contribution is 2.16. The van der Waals surface area contributed by atoms with Crippen LogP contribution < -0.4 is 9.64 Å². The first kappa shape index (κ1) is 21.0. The van der Waals surface area contributed by atoms with Gasteiger partial charge in [-0.1, -0.05) is 36.8 Å². The number of piperazine rings is 1. The van der Waals surface area contributed by atoms with Crippen LogP contribution >= 0.6 is 0 Å². The van der Waals surface area contributed by atoms with Crippen molar-refractivity contribution >= 4 is 11.7 Å². The average Bonchev–Trinajstić information content (AvgIpc) is 2.75. The van der Waals surface area contributed by atoms with E-state index in [4.69, 9.17) is 4.74 Å². The van der Waals surface area contributed by atoms with E-state index < -0.39 is 0 Å². The summed E-state index contributed by atoms with van der Waals surface area (Å²) in [6.07, 6.45) is 4.32. The maximum atomic E-state index is 12.9. The van der Waals surface area contributed by atoms with Crippen LogP contribution in [0.4, 0.5) is 5.82 Å². The lowest BCUT2D eigenvalue weighted by Crippen LogP contribution is -2.50. The largest absolute Gasteiger partial charge is 0.480 e. The van der Waals surface area contributed by atoms with Gasteiger partial charge in [0.1, 0.15) is 0 Å². The van der Waals surface area contributed by atoms with Crippen LogP contribution in [0.25, 0.3) is 0 Å². The second-order valence-electron chi connectivity index (χ2n) is 7.48. The highest BCUT2D eigenvalue weighted by molar-refractivity contribution is 5.78. The molecule has 0 unspecified atom stereocenters. The lowest BCUT2D eigenvalue weighted by Gasteiger charge is -2.36. The summed E-state index contributed by atoms with van der Waals surface area (Å²) in [4.78, 5) is 28.0. The smallest absolute Gasteiger partial charge is 0.237 e. The van der Waals surface area contributed by atoms with Crippen molar-refractivity contribution in [3.63, 3.8) is 0 Å². The van der Waals surface area contributed by atoms with Gasteiger partial charge in [0.2, 0.25) is 11.8 Å². The molecule has 1 amide bonds. The number of hydrogen-bond acceptors (Lipinski definition) is 6. The normalized spacial score (nSPS) is 14.7. The molecule has 0 saturated carbocycles. The van der Waals surface area contributed by atoms with Crippen molar-refractivity contribution in [2.45, 2.75) is 26.8 Å². The third kappa shape index (κ3) is 5.90. The Morgan fingerprint density at radius 3 is 2.52 bits per heavy atom.